The van der Waals surface area contributed by atoms with Crippen LogP contribution in [0.15, 0.2) is 42.5 Å². The Morgan fingerprint density at radius 2 is 2.00 bits per heavy atom. The van der Waals surface area contributed by atoms with Gasteiger partial charge >= 0.3 is 0 Å². The third kappa shape index (κ3) is 4.44. The average Bonchev–Trinajstić information content (AvgIpc) is 2.51. The molecule has 0 atom stereocenters. The molecule has 0 unspecified atom stereocenters. The van der Waals surface area contributed by atoms with Crippen molar-refractivity contribution in [3.8, 4) is 23.3 Å². The lowest BCUT2D eigenvalue weighted by Crippen LogP contribution is -1.98. The lowest BCUT2D eigenvalue weighted by molar-refractivity contribution is 0.304. The summed E-state index contributed by atoms with van der Waals surface area (Å²) >= 11 is 5.62. The summed E-state index contributed by atoms with van der Waals surface area (Å²) in [6.07, 6.45) is 0. The fourth-order valence-corrected chi connectivity index (χ4v) is 2.02. The molecule has 0 saturated carbocycles. The van der Waals surface area contributed by atoms with Gasteiger partial charge < -0.3 is 9.47 Å². The number of aryl methyl sites for hydroxylation is 1. The SMILES string of the molecule is COc1ccc(OCc2cccc(C)c2)c(C#CCCl)c1. The van der Waals surface area contributed by atoms with Crippen LogP contribution in [0.3, 0.4) is 0 Å². The van der Waals surface area contributed by atoms with E-state index in [-0.39, 0.29) is 5.88 Å². The smallest absolute Gasteiger partial charge is 0.135 e. The summed E-state index contributed by atoms with van der Waals surface area (Å²) < 4.78 is 11.1. The van der Waals surface area contributed by atoms with Crippen molar-refractivity contribution < 1.29 is 9.47 Å². The lowest BCUT2D eigenvalue weighted by Gasteiger charge is -2.10. The molecule has 2 nitrogen and oxygen atoms in total. The standard InChI is InChI=1S/C18H17ClO2/c1-14-5-3-6-15(11-14)13-21-18-9-8-17(20-2)12-16(18)7-4-10-19/h3,5-6,8-9,11-12H,10,13H2,1-2H3. The Morgan fingerprint density at radius 1 is 1.14 bits per heavy atom. The van der Waals surface area contributed by atoms with E-state index in [2.05, 4.69) is 30.9 Å². The maximum absolute atomic E-state index is 5.87. The van der Waals surface area contributed by atoms with Crippen LogP contribution in [0.1, 0.15) is 16.7 Å². The molecule has 0 aliphatic heterocycles. The zero-order chi connectivity index (χ0) is 15.1. The molecule has 2 rings (SSSR count). The Morgan fingerprint density at radius 3 is 2.71 bits per heavy atom. The number of benzene rings is 2. The summed E-state index contributed by atoms with van der Waals surface area (Å²) in [6, 6.07) is 13.8. The monoisotopic (exact) mass is 300 g/mol. The molecule has 0 radical (unpaired) electrons. The largest absolute Gasteiger partial charge is 0.497 e. The van der Waals surface area contributed by atoms with Crippen molar-refractivity contribution in [2.45, 2.75) is 13.5 Å². The van der Waals surface area contributed by atoms with E-state index in [0.29, 0.717) is 6.61 Å². The molecule has 0 N–H and O–H groups in total. The molecule has 2 aromatic carbocycles. The number of alkyl halides is 1. The number of rotatable bonds is 4. The van der Waals surface area contributed by atoms with E-state index in [1.54, 1.807) is 7.11 Å². The van der Waals surface area contributed by atoms with Crippen molar-refractivity contribution in [2.75, 3.05) is 13.0 Å². The van der Waals surface area contributed by atoms with E-state index in [1.165, 1.54) is 5.56 Å². The molecule has 0 spiro atoms. The van der Waals surface area contributed by atoms with Gasteiger partial charge in [-0.25, -0.2) is 0 Å². The summed E-state index contributed by atoms with van der Waals surface area (Å²) in [6.45, 7) is 2.57. The first-order valence-electron chi connectivity index (χ1n) is 6.64. The van der Waals surface area contributed by atoms with Crippen LogP contribution in [0.2, 0.25) is 0 Å². The maximum atomic E-state index is 5.87. The minimum Gasteiger partial charge on any atom is -0.497 e. The minimum absolute atomic E-state index is 0.286. The molecular weight excluding hydrogens is 284 g/mol. The van der Waals surface area contributed by atoms with Crippen LogP contribution in [0.25, 0.3) is 0 Å². The van der Waals surface area contributed by atoms with Crippen LogP contribution < -0.4 is 9.47 Å². The van der Waals surface area contributed by atoms with Crippen molar-refractivity contribution in [2.24, 2.45) is 0 Å². The van der Waals surface area contributed by atoms with Gasteiger partial charge in [0.15, 0.2) is 0 Å². The highest BCUT2D eigenvalue weighted by atomic mass is 35.5. The van der Waals surface area contributed by atoms with Crippen molar-refractivity contribution in [1.29, 1.82) is 0 Å². The Kier molecular flexibility index (Phi) is 5.54. The van der Waals surface area contributed by atoms with E-state index in [4.69, 9.17) is 21.1 Å². The Labute approximate surface area is 130 Å². The van der Waals surface area contributed by atoms with Gasteiger partial charge in [0.25, 0.3) is 0 Å². The van der Waals surface area contributed by atoms with Crippen LogP contribution >= 0.6 is 11.6 Å². The first-order valence-corrected chi connectivity index (χ1v) is 7.17. The highest BCUT2D eigenvalue weighted by Gasteiger charge is 2.04. The number of hydrogen-bond donors (Lipinski definition) is 0. The number of halogens is 1. The number of methoxy groups -OCH3 is 1. The van der Waals surface area contributed by atoms with Gasteiger partial charge in [-0.1, -0.05) is 41.7 Å². The zero-order valence-electron chi connectivity index (χ0n) is 12.2. The van der Waals surface area contributed by atoms with Crippen LogP contribution in [0, 0.1) is 18.8 Å². The topological polar surface area (TPSA) is 18.5 Å². The minimum atomic E-state index is 0.286. The normalized spacial score (nSPS) is 9.67. The van der Waals surface area contributed by atoms with Gasteiger partial charge in [0, 0.05) is 0 Å². The third-order valence-electron chi connectivity index (χ3n) is 2.95. The Bertz CT molecular complexity index is 668. The molecule has 0 bridgehead atoms. The van der Waals surface area contributed by atoms with E-state index in [0.717, 1.165) is 22.6 Å². The van der Waals surface area contributed by atoms with Gasteiger partial charge in [-0.15, -0.1) is 11.6 Å². The van der Waals surface area contributed by atoms with Gasteiger partial charge in [-0.3, -0.25) is 0 Å². The summed E-state index contributed by atoms with van der Waals surface area (Å²) in [4.78, 5) is 0. The second-order valence-corrected chi connectivity index (χ2v) is 4.84. The van der Waals surface area contributed by atoms with Gasteiger partial charge in [0.1, 0.15) is 18.1 Å². The molecule has 0 aliphatic rings. The van der Waals surface area contributed by atoms with Gasteiger partial charge in [-0.2, -0.15) is 0 Å². The summed E-state index contributed by atoms with van der Waals surface area (Å²) in [5.74, 6) is 7.61. The van der Waals surface area contributed by atoms with Gasteiger partial charge in [0.05, 0.1) is 18.6 Å². The second-order valence-electron chi connectivity index (χ2n) is 4.58. The van der Waals surface area contributed by atoms with E-state index < -0.39 is 0 Å². The molecule has 0 heterocycles. The van der Waals surface area contributed by atoms with Crippen molar-refractivity contribution in [3.63, 3.8) is 0 Å². The van der Waals surface area contributed by atoms with E-state index in [1.807, 2.05) is 30.3 Å². The van der Waals surface area contributed by atoms with Crippen molar-refractivity contribution >= 4 is 11.6 Å². The summed E-state index contributed by atoms with van der Waals surface area (Å²) in [5, 5.41) is 0. The zero-order valence-corrected chi connectivity index (χ0v) is 12.9. The first-order chi connectivity index (χ1) is 10.2. The van der Waals surface area contributed by atoms with Crippen molar-refractivity contribution in [3.05, 3.63) is 59.2 Å². The predicted octanol–water partition coefficient (Wildman–Crippen LogP) is 4.17. The quantitative estimate of drug-likeness (QED) is 0.623. The third-order valence-corrected chi connectivity index (χ3v) is 3.09. The highest BCUT2D eigenvalue weighted by molar-refractivity contribution is 6.19. The van der Waals surface area contributed by atoms with E-state index in [9.17, 15) is 0 Å². The van der Waals surface area contributed by atoms with Crippen LogP contribution in [-0.4, -0.2) is 13.0 Å². The molecule has 21 heavy (non-hydrogen) atoms. The molecular formula is C18H17ClO2. The maximum Gasteiger partial charge on any atom is 0.135 e. The fourth-order valence-electron chi connectivity index (χ4n) is 1.95. The first kappa shape index (κ1) is 15.3. The van der Waals surface area contributed by atoms with Gasteiger partial charge in [-0.05, 0) is 30.7 Å². The molecule has 0 saturated heterocycles. The van der Waals surface area contributed by atoms with Crippen LogP contribution in [0.5, 0.6) is 11.5 Å². The van der Waals surface area contributed by atoms with Crippen LogP contribution in [0.4, 0.5) is 0 Å². The molecule has 3 heteroatoms. The lowest BCUT2D eigenvalue weighted by atomic mass is 10.1. The number of ether oxygens (including phenoxy) is 2. The Balaban J connectivity index is 2.18. The molecule has 2 aromatic rings. The summed E-state index contributed by atoms with van der Waals surface area (Å²) in [7, 11) is 1.63. The number of hydrogen-bond acceptors (Lipinski definition) is 2. The predicted molar refractivity (Wildman–Crippen MR) is 86.1 cm³/mol. The molecule has 0 amide bonds. The molecule has 108 valence electrons. The molecule has 0 aromatic heterocycles. The molecule has 0 fully saturated rings. The highest BCUT2D eigenvalue weighted by Crippen LogP contribution is 2.24. The summed E-state index contributed by atoms with van der Waals surface area (Å²) in [5.41, 5.74) is 3.12. The fraction of sp³-hybridized carbons (Fsp3) is 0.222. The Hall–Kier alpha value is -2.11. The molecule has 0 aliphatic carbocycles. The van der Waals surface area contributed by atoms with Crippen LogP contribution in [-0.2, 0) is 6.61 Å². The second kappa shape index (κ2) is 7.61. The van der Waals surface area contributed by atoms with E-state index >= 15 is 0 Å². The average molecular weight is 301 g/mol. The van der Waals surface area contributed by atoms with Gasteiger partial charge in [0.2, 0.25) is 0 Å². The van der Waals surface area contributed by atoms with Crippen molar-refractivity contribution in [1.82, 2.24) is 0 Å².